The molecular formula is S2VZn-2. The van der Waals surface area contributed by atoms with Gasteiger partial charge in [0.1, 0.15) is 0 Å². The Morgan fingerprint density at radius 3 is 0.750 bits per heavy atom. The third kappa shape index (κ3) is 9.08. The van der Waals surface area contributed by atoms with E-state index in [1.165, 1.54) is 0 Å². The Kier molecular flexibility index (Phi) is 201. The van der Waals surface area contributed by atoms with Crippen LogP contribution < -0.4 is 0 Å². The summed E-state index contributed by atoms with van der Waals surface area (Å²) in [4.78, 5) is 0. The molecule has 21 valence electrons. The van der Waals surface area contributed by atoms with Crippen LogP contribution in [-0.2, 0) is 65.0 Å². The second kappa shape index (κ2) is 20.6. The van der Waals surface area contributed by atoms with Gasteiger partial charge >= 0.3 is 19.5 Å². The van der Waals surface area contributed by atoms with E-state index in [1.807, 2.05) is 0 Å². The van der Waals surface area contributed by atoms with E-state index >= 15 is 0 Å². The van der Waals surface area contributed by atoms with Gasteiger partial charge in [-0.2, -0.15) is 0 Å². The van der Waals surface area contributed by atoms with Crippen LogP contribution in [0.2, 0.25) is 0 Å². The second-order valence-electron chi connectivity index (χ2n) is 0. The molecule has 0 saturated heterocycles. The molecule has 0 atom stereocenters. The Balaban J connectivity index is 0. The quantitative estimate of drug-likeness (QED) is 0.460. The van der Waals surface area contributed by atoms with Gasteiger partial charge in [0.15, 0.2) is 0 Å². The van der Waals surface area contributed by atoms with Crippen molar-refractivity contribution in [2.24, 2.45) is 0 Å². The van der Waals surface area contributed by atoms with Crippen LogP contribution in [-0.4, -0.2) is 0 Å². The van der Waals surface area contributed by atoms with E-state index < -0.39 is 0 Å². The Morgan fingerprint density at radius 1 is 0.750 bits per heavy atom. The van der Waals surface area contributed by atoms with Gasteiger partial charge in [0.25, 0.3) is 0 Å². The molecule has 4 heteroatoms. The second-order valence-corrected chi connectivity index (χ2v) is 0. The number of rotatable bonds is 0. The average Bonchev–Trinajstić information content (AvgIpc) is 0. The van der Waals surface area contributed by atoms with Gasteiger partial charge in [0, 0.05) is 18.6 Å². The standard InChI is InChI=1S/2S.V.Zn/q2*-2;;+2. The molecule has 0 aliphatic carbocycles. The zero-order valence-electron chi connectivity index (χ0n) is 1.97. The van der Waals surface area contributed by atoms with Crippen LogP contribution in [0.15, 0.2) is 0 Å². The molecule has 0 amide bonds. The van der Waals surface area contributed by atoms with Crippen LogP contribution in [0.4, 0.5) is 0 Å². The fourth-order valence-electron chi connectivity index (χ4n) is 0. The predicted octanol–water partition coefficient (Wildman–Crippen LogP) is -0.00980. The van der Waals surface area contributed by atoms with E-state index in [-0.39, 0.29) is 65.0 Å². The molecular weight excluding hydrogens is 180 g/mol. The van der Waals surface area contributed by atoms with Gasteiger partial charge in [-0.25, -0.2) is 0 Å². The normalized spacial score (nSPS) is 0. The van der Waals surface area contributed by atoms with Crippen molar-refractivity contribution < 1.29 is 38.0 Å². The van der Waals surface area contributed by atoms with E-state index in [1.54, 1.807) is 0 Å². The maximum atomic E-state index is 0. The molecule has 0 bridgehead atoms. The van der Waals surface area contributed by atoms with E-state index in [0.717, 1.165) is 0 Å². The third-order valence-corrected chi connectivity index (χ3v) is 0. The van der Waals surface area contributed by atoms with Crippen LogP contribution in [0.1, 0.15) is 0 Å². The summed E-state index contributed by atoms with van der Waals surface area (Å²) in [7, 11) is 0. The molecule has 0 spiro atoms. The van der Waals surface area contributed by atoms with Gasteiger partial charge in [-0.1, -0.05) is 0 Å². The fraction of sp³-hybridized carbons (Fsp3) is 0. The maximum absolute atomic E-state index is 0. The van der Waals surface area contributed by atoms with Crippen LogP contribution >= 0.6 is 0 Å². The molecule has 4 heavy (non-hydrogen) atoms. The van der Waals surface area contributed by atoms with Crippen molar-refractivity contribution in [3.8, 4) is 0 Å². The van der Waals surface area contributed by atoms with E-state index in [9.17, 15) is 0 Å². The van der Waals surface area contributed by atoms with Crippen LogP contribution in [0.3, 0.4) is 0 Å². The van der Waals surface area contributed by atoms with E-state index in [4.69, 9.17) is 0 Å². The van der Waals surface area contributed by atoms with Crippen LogP contribution in [0.25, 0.3) is 0 Å². The van der Waals surface area contributed by atoms with Crippen molar-refractivity contribution in [2.45, 2.75) is 0 Å². The molecule has 0 saturated carbocycles. The van der Waals surface area contributed by atoms with Gasteiger partial charge in [-0.05, 0) is 0 Å². The first-order valence-electron chi connectivity index (χ1n) is 0. The summed E-state index contributed by atoms with van der Waals surface area (Å²) >= 11 is 0. The number of hydrogen-bond acceptors (Lipinski definition) is 0. The summed E-state index contributed by atoms with van der Waals surface area (Å²) in [6.07, 6.45) is 0. The van der Waals surface area contributed by atoms with Crippen molar-refractivity contribution in [1.82, 2.24) is 0 Å². The average molecular weight is 180 g/mol. The van der Waals surface area contributed by atoms with Gasteiger partial charge < -0.3 is 27.0 Å². The molecule has 0 N–H and O–H groups in total. The largest absolute Gasteiger partial charge is 2.00 e. The molecule has 0 fully saturated rings. The summed E-state index contributed by atoms with van der Waals surface area (Å²) in [6, 6.07) is 0. The van der Waals surface area contributed by atoms with Crippen molar-refractivity contribution in [1.29, 1.82) is 0 Å². The smallest absolute Gasteiger partial charge is 2.00 e. The molecule has 0 rings (SSSR count). The summed E-state index contributed by atoms with van der Waals surface area (Å²) in [5, 5.41) is 0. The molecule has 0 unspecified atom stereocenters. The topological polar surface area (TPSA) is 0 Å². The summed E-state index contributed by atoms with van der Waals surface area (Å²) < 4.78 is 0. The Morgan fingerprint density at radius 2 is 0.750 bits per heavy atom. The first-order chi connectivity index (χ1) is 0. The van der Waals surface area contributed by atoms with Gasteiger partial charge in [0.2, 0.25) is 0 Å². The van der Waals surface area contributed by atoms with Gasteiger partial charge in [-0.15, -0.1) is 0 Å². The molecule has 0 aliphatic rings. The number of hydrogen-bond donors (Lipinski definition) is 0. The van der Waals surface area contributed by atoms with Gasteiger partial charge in [0.05, 0.1) is 0 Å². The Bertz CT molecular complexity index is 6.00. The Labute approximate surface area is 64.6 Å². The van der Waals surface area contributed by atoms with Crippen molar-refractivity contribution >= 4 is 27.0 Å². The zero-order valence-corrected chi connectivity index (χ0v) is 7.97. The van der Waals surface area contributed by atoms with E-state index in [0.29, 0.717) is 0 Å². The SMILES string of the molecule is [S-2].[S-2].[V].[Zn+2]. The minimum atomic E-state index is 0. The fourth-order valence-corrected chi connectivity index (χ4v) is 0. The predicted molar refractivity (Wildman–Crippen MR) is 14.7 cm³/mol. The Hall–Kier alpha value is 1.91. The molecule has 0 nitrogen and oxygen atoms in total. The first-order valence-corrected chi connectivity index (χ1v) is 0. The first kappa shape index (κ1) is 39.1. The third-order valence-electron chi connectivity index (χ3n) is 0. The molecule has 1 radical (unpaired) electrons. The van der Waals surface area contributed by atoms with Crippen LogP contribution in [0.5, 0.6) is 0 Å². The van der Waals surface area contributed by atoms with Crippen LogP contribution in [0, 0.1) is 0 Å². The minimum absolute atomic E-state index is 0. The van der Waals surface area contributed by atoms with Crippen molar-refractivity contribution in [2.75, 3.05) is 0 Å². The molecule has 0 aliphatic heterocycles. The van der Waals surface area contributed by atoms with E-state index in [2.05, 4.69) is 0 Å². The van der Waals surface area contributed by atoms with Crippen molar-refractivity contribution in [3.63, 3.8) is 0 Å². The summed E-state index contributed by atoms with van der Waals surface area (Å²) in [6.45, 7) is 0. The van der Waals surface area contributed by atoms with Gasteiger partial charge in [-0.3, -0.25) is 0 Å². The monoisotopic (exact) mass is 179 g/mol. The minimum Gasteiger partial charge on any atom is -2.00 e. The molecule has 0 aromatic rings. The molecule has 0 heterocycles. The molecule has 0 aromatic heterocycles. The molecule has 0 aromatic carbocycles. The van der Waals surface area contributed by atoms with Crippen molar-refractivity contribution in [3.05, 3.63) is 0 Å². The zero-order chi connectivity index (χ0) is 0. The summed E-state index contributed by atoms with van der Waals surface area (Å²) in [5.41, 5.74) is 0. The summed E-state index contributed by atoms with van der Waals surface area (Å²) in [5.74, 6) is 0. The maximum Gasteiger partial charge on any atom is 2.00 e.